The van der Waals surface area contributed by atoms with Gasteiger partial charge in [-0.05, 0) is 38.5 Å². The smallest absolute Gasteiger partial charge is 0.387 e. The molecule has 4 saturated heterocycles. The number of thioether (sulfide) groups is 1. The standard InChI is InChI=1S/C44H68N12O26P4S/c45-42-52-37-32(39(65)53-42)49-22-56(37)41-36(63)34(61)26(79-41)20-77-84(70,71)81-86(74,75)82-85(72,73)80-83(68,69)76-19-25-33(60)35(62)40(78-25)55-18-23(38(64)54-44(55)67)10-9-17-48-29(58)13-4-2-7-15-46-28(57)12-3-1-8-16-47-30(59)14-6-5-11-27-31-24(21-87-27)50-43(66)51-31/h9-10,18,22,24-27,31,33-36,40-41,60-63H,1-8,11-17,19-21H2,(H,46,57)(H,47,59)(H,48,58)(H,68,69)(H,70,71)(H,72,73)(H,74,75)(H2,50,51,66)(H,54,64,67)(H3,45,52,53,65)/t24-,25-,26-,27-,31-,33?,34?,35+,36?,40-,41-/m1/s1. The second-order valence-corrected chi connectivity index (χ2v) is 27.7. The lowest BCUT2D eigenvalue weighted by molar-refractivity contribution is -0.122. The number of amides is 5. The van der Waals surface area contributed by atoms with Gasteiger partial charge in [0.05, 0.1) is 37.2 Å². The van der Waals surface area contributed by atoms with Crippen molar-refractivity contribution in [3.8, 4) is 0 Å². The van der Waals surface area contributed by atoms with Crippen molar-refractivity contribution in [1.29, 1.82) is 0 Å². The van der Waals surface area contributed by atoms with Crippen molar-refractivity contribution in [2.24, 2.45) is 0 Å². The Morgan fingerprint density at radius 2 is 1.22 bits per heavy atom. The van der Waals surface area contributed by atoms with Crippen molar-refractivity contribution in [2.75, 3.05) is 44.3 Å². The first-order chi connectivity index (χ1) is 41.0. The van der Waals surface area contributed by atoms with E-state index in [1.165, 1.54) is 12.2 Å². The van der Waals surface area contributed by atoms with Gasteiger partial charge in [-0.25, -0.2) is 32.8 Å². The van der Waals surface area contributed by atoms with Gasteiger partial charge in [0.15, 0.2) is 23.6 Å². The number of ether oxygens (including phenoxy) is 2. The van der Waals surface area contributed by atoms with Gasteiger partial charge in [0.1, 0.15) is 36.6 Å². The molecule has 0 aliphatic carbocycles. The number of urea groups is 1. The molecule has 7 rings (SSSR count). The summed E-state index contributed by atoms with van der Waals surface area (Å²) in [5.74, 6) is 0.127. The van der Waals surface area contributed by atoms with Crippen molar-refractivity contribution in [1.82, 2.24) is 55.7 Å². The van der Waals surface area contributed by atoms with Crippen LogP contribution in [-0.2, 0) is 64.1 Å². The van der Waals surface area contributed by atoms with Crippen LogP contribution in [0.1, 0.15) is 95.1 Å². The van der Waals surface area contributed by atoms with Crippen LogP contribution in [0.4, 0.5) is 10.7 Å². The lowest BCUT2D eigenvalue weighted by atomic mass is 10.0. The number of imidazole rings is 1. The molecule has 0 spiro atoms. The molecule has 15 atom stereocenters. The van der Waals surface area contributed by atoms with Crippen LogP contribution in [0.3, 0.4) is 0 Å². The molecule has 486 valence electrons. The van der Waals surface area contributed by atoms with E-state index in [1.807, 2.05) is 16.7 Å². The number of aromatic amines is 2. The molecule has 0 bridgehead atoms. The molecule has 0 radical (unpaired) electrons. The van der Waals surface area contributed by atoms with Crippen LogP contribution in [0.15, 0.2) is 33.0 Å². The van der Waals surface area contributed by atoms with E-state index >= 15 is 0 Å². The first kappa shape index (κ1) is 69.4. The van der Waals surface area contributed by atoms with Crippen LogP contribution in [0.25, 0.3) is 17.2 Å². The van der Waals surface area contributed by atoms with E-state index in [-0.39, 0.29) is 71.5 Å². The molecule has 5 amide bonds. The molecular formula is C44H68N12O26P4S. The first-order valence-electron chi connectivity index (χ1n) is 27.0. The Bertz CT molecular complexity index is 3350. The van der Waals surface area contributed by atoms with E-state index in [1.54, 1.807) is 0 Å². The van der Waals surface area contributed by atoms with Gasteiger partial charge in [-0.15, -0.1) is 0 Å². The Labute approximate surface area is 496 Å². The van der Waals surface area contributed by atoms with Crippen LogP contribution in [-0.4, -0.2) is 185 Å². The zero-order valence-electron chi connectivity index (χ0n) is 45.9. The minimum absolute atomic E-state index is 0.000168. The number of hydrogen-bond acceptors (Lipinski definition) is 26. The normalized spacial score (nSPS) is 27.2. The molecule has 38 nitrogen and oxygen atoms in total. The number of aromatic nitrogens is 6. The summed E-state index contributed by atoms with van der Waals surface area (Å²) in [6, 6.07) is 0.227. The summed E-state index contributed by atoms with van der Waals surface area (Å²) in [5, 5.41) is 57.1. The summed E-state index contributed by atoms with van der Waals surface area (Å²) in [7, 11) is -24.5. The molecule has 7 heterocycles. The summed E-state index contributed by atoms with van der Waals surface area (Å²) < 4.78 is 83.5. The number of carbonyl (C=O) groups is 4. The van der Waals surface area contributed by atoms with Crippen molar-refractivity contribution in [3.05, 3.63) is 55.4 Å². The fourth-order valence-electron chi connectivity index (χ4n) is 9.46. The number of nitrogens with zero attached hydrogens (tertiary/aromatic N) is 4. The van der Waals surface area contributed by atoms with Crippen LogP contribution < -0.4 is 49.1 Å². The third-order valence-electron chi connectivity index (χ3n) is 13.7. The third kappa shape index (κ3) is 20.0. The Kier molecular flexibility index (Phi) is 24.4. The average molecular weight is 1340 g/mol. The van der Waals surface area contributed by atoms with Gasteiger partial charge in [0.25, 0.3) is 11.1 Å². The molecule has 43 heteroatoms. The van der Waals surface area contributed by atoms with Gasteiger partial charge in [-0.2, -0.15) is 29.7 Å². The number of aliphatic hydroxyl groups excluding tert-OH is 4. The molecule has 3 aromatic rings. The van der Waals surface area contributed by atoms with Crippen molar-refractivity contribution < 1.29 is 109 Å². The van der Waals surface area contributed by atoms with Gasteiger partial charge < -0.3 is 81.8 Å². The van der Waals surface area contributed by atoms with Crippen molar-refractivity contribution >= 4 is 90.0 Å². The number of fused-ring (bicyclic) bond motifs is 2. The summed E-state index contributed by atoms with van der Waals surface area (Å²) in [6.45, 7) is -1.61. The number of rotatable bonds is 34. The molecule has 7 unspecified atom stereocenters. The first-order valence-corrected chi connectivity index (χ1v) is 34.0. The maximum atomic E-state index is 12.8. The topological polar surface area (TPSA) is 568 Å². The number of nitrogens with two attached hydrogens (primary N) is 1. The quantitative estimate of drug-likeness (QED) is 0.0178. The van der Waals surface area contributed by atoms with E-state index in [0.717, 1.165) is 54.9 Å². The van der Waals surface area contributed by atoms with Crippen molar-refractivity contribution in [2.45, 2.75) is 143 Å². The number of hydrogen-bond donors (Lipinski definition) is 16. The fourth-order valence-corrected chi connectivity index (χ4v) is 16.0. The summed E-state index contributed by atoms with van der Waals surface area (Å²) in [6.07, 6.45) is -2.79. The lowest BCUT2D eigenvalue weighted by Crippen LogP contribution is -2.38. The Morgan fingerprint density at radius 3 is 1.79 bits per heavy atom. The van der Waals surface area contributed by atoms with Crippen molar-refractivity contribution in [3.63, 3.8) is 0 Å². The average Bonchev–Trinajstić information content (AvgIpc) is 2.16. The lowest BCUT2D eigenvalue weighted by Gasteiger charge is -2.21. The van der Waals surface area contributed by atoms with E-state index < -0.39 is 110 Å². The number of nitrogen functional groups attached to an aromatic ring is 1. The molecule has 87 heavy (non-hydrogen) atoms. The Balaban J connectivity index is 0.745. The maximum Gasteiger partial charge on any atom is 0.490 e. The second kappa shape index (κ2) is 30.6. The number of carbonyl (C=O) groups excluding carboxylic acids is 4. The van der Waals surface area contributed by atoms with E-state index in [0.29, 0.717) is 61.4 Å². The largest absolute Gasteiger partial charge is 0.490 e. The third-order valence-corrected chi connectivity index (χ3v) is 21.1. The van der Waals surface area contributed by atoms with E-state index in [9.17, 15) is 91.8 Å². The fraction of sp³-hybridized carbons (Fsp3) is 0.659. The zero-order chi connectivity index (χ0) is 63.4. The number of unbranched alkanes of at least 4 members (excludes halogenated alkanes) is 5. The van der Waals surface area contributed by atoms with Gasteiger partial charge in [-0.1, -0.05) is 31.4 Å². The molecule has 4 aliphatic heterocycles. The Morgan fingerprint density at radius 1 is 0.690 bits per heavy atom. The van der Waals surface area contributed by atoms with Crippen LogP contribution >= 0.6 is 43.1 Å². The molecular weight excluding hydrogens is 1270 g/mol. The monoisotopic (exact) mass is 1340 g/mol. The highest BCUT2D eigenvalue weighted by Crippen LogP contribution is 2.71. The number of phosphoric ester groups is 2. The molecule has 17 N–H and O–H groups in total. The van der Waals surface area contributed by atoms with Crippen LogP contribution in [0.2, 0.25) is 0 Å². The summed E-state index contributed by atoms with van der Waals surface area (Å²) >= 11 is 1.85. The van der Waals surface area contributed by atoms with Gasteiger partial charge in [0.2, 0.25) is 23.7 Å². The SMILES string of the molecule is Nc1nc2c(ncn2[C@@H]2O[C@H](COP(=O)(O)OP(=O)(O)OP(=O)(O)OP(=O)(O)OC[C@H]3O[C@@H](n4cc(C=CCNC(=O)CCCCCNC(=O)CCCCCNC(=O)CCCC[C@H]5SC[C@H]6NC(=O)N[C@H]65)c(=O)[nH]c4=O)[C@@H](O)C3O)C(O)C2O)c(=O)[nH]1. The number of anilines is 1. The number of nitrogens with one attached hydrogen (secondary N) is 7. The highest BCUT2D eigenvalue weighted by molar-refractivity contribution is 8.00. The molecule has 3 aromatic heterocycles. The highest BCUT2D eigenvalue weighted by atomic mass is 32.2. The number of aliphatic hydroxyl groups is 4. The summed E-state index contributed by atoms with van der Waals surface area (Å²) in [4.78, 5) is 138. The predicted molar refractivity (Wildman–Crippen MR) is 299 cm³/mol. The number of phosphoric acid groups is 4. The number of H-pyrrole nitrogens is 2. The Hall–Kier alpha value is -5.08. The molecule has 4 aliphatic rings. The van der Waals surface area contributed by atoms with Gasteiger partial charge >= 0.3 is 43.0 Å². The van der Waals surface area contributed by atoms with E-state index in [2.05, 4.69) is 63.5 Å². The molecule has 4 fully saturated rings. The van der Waals surface area contributed by atoms with Gasteiger partial charge in [-0.3, -0.25) is 52.1 Å². The van der Waals surface area contributed by atoms with Crippen LogP contribution in [0.5, 0.6) is 0 Å². The predicted octanol–water partition coefficient (Wildman–Crippen LogP) is -1.82. The van der Waals surface area contributed by atoms with Gasteiger partial charge in [0, 0.05) is 56.1 Å². The zero-order valence-corrected chi connectivity index (χ0v) is 50.3. The highest BCUT2D eigenvalue weighted by Gasteiger charge is 2.50. The molecule has 0 saturated carbocycles. The van der Waals surface area contributed by atoms with Crippen LogP contribution in [0, 0.1) is 0 Å². The summed E-state index contributed by atoms with van der Waals surface area (Å²) in [5.41, 5.74) is 2.01. The molecule has 0 aromatic carbocycles. The minimum Gasteiger partial charge on any atom is -0.387 e. The second-order valence-electron chi connectivity index (χ2n) is 20.2. The van der Waals surface area contributed by atoms with E-state index in [4.69, 9.17) is 15.2 Å². The maximum absolute atomic E-state index is 12.8. The minimum atomic E-state index is -6.35.